The van der Waals surface area contributed by atoms with Crippen LogP contribution in [0.2, 0.25) is 0 Å². The number of aromatic amines is 2. The van der Waals surface area contributed by atoms with Gasteiger partial charge in [-0.2, -0.15) is 5.10 Å². The lowest BCUT2D eigenvalue weighted by Gasteiger charge is -2.31. The van der Waals surface area contributed by atoms with Gasteiger partial charge in [0.2, 0.25) is 5.95 Å². The van der Waals surface area contributed by atoms with Gasteiger partial charge >= 0.3 is 0 Å². The zero-order valence-electron chi connectivity index (χ0n) is 17.4. The summed E-state index contributed by atoms with van der Waals surface area (Å²) in [5.74, 6) is 0.640. The molecule has 2 aromatic heterocycles. The Hall–Kier alpha value is -3.26. The van der Waals surface area contributed by atoms with Crippen LogP contribution in [0.1, 0.15) is 30.0 Å². The Morgan fingerprint density at radius 3 is 2.90 bits per heavy atom. The number of nitrogens with zero attached hydrogens (tertiary/aromatic N) is 3. The third-order valence-corrected chi connectivity index (χ3v) is 6.19. The number of fused-ring (bicyclic) bond motifs is 2. The Morgan fingerprint density at radius 1 is 1.23 bits per heavy atom. The quantitative estimate of drug-likeness (QED) is 0.460. The Morgan fingerprint density at radius 2 is 2.06 bits per heavy atom. The molecule has 160 valence electrons. The van der Waals surface area contributed by atoms with E-state index in [2.05, 4.69) is 30.4 Å². The van der Waals surface area contributed by atoms with E-state index in [-0.39, 0.29) is 11.4 Å². The molecule has 3 heterocycles. The molecular weight excluding hydrogens is 395 g/mol. The van der Waals surface area contributed by atoms with Crippen LogP contribution in [-0.4, -0.2) is 51.2 Å². The second-order valence-corrected chi connectivity index (χ2v) is 8.23. The van der Waals surface area contributed by atoms with Crippen molar-refractivity contribution >= 4 is 27.8 Å². The van der Waals surface area contributed by atoms with Crippen LogP contribution in [0.4, 0.5) is 10.3 Å². The first kappa shape index (κ1) is 19.7. The number of hydrogen-bond acceptors (Lipinski definition) is 5. The number of aromatic nitrogens is 4. The largest absolute Gasteiger partial charge is 0.354 e. The molecule has 5 rings (SSSR count). The summed E-state index contributed by atoms with van der Waals surface area (Å²) < 4.78 is 13.4. The van der Waals surface area contributed by atoms with Gasteiger partial charge in [-0.1, -0.05) is 12.1 Å². The lowest BCUT2D eigenvalue weighted by Crippen LogP contribution is -2.36. The fourth-order valence-electron chi connectivity index (χ4n) is 4.53. The average Bonchev–Trinajstić information content (AvgIpc) is 3.17. The number of halogens is 1. The van der Waals surface area contributed by atoms with E-state index in [1.807, 2.05) is 31.2 Å². The monoisotopic (exact) mass is 420 g/mol. The molecular formula is C23H25FN6O. The summed E-state index contributed by atoms with van der Waals surface area (Å²) in [6.45, 7) is 5.44. The van der Waals surface area contributed by atoms with Gasteiger partial charge in [0.05, 0.1) is 22.1 Å². The molecule has 1 aliphatic heterocycles. The summed E-state index contributed by atoms with van der Waals surface area (Å²) in [5, 5.41) is 12.3. The van der Waals surface area contributed by atoms with Crippen LogP contribution in [0.25, 0.3) is 21.8 Å². The van der Waals surface area contributed by atoms with Gasteiger partial charge in [0.1, 0.15) is 5.82 Å². The van der Waals surface area contributed by atoms with E-state index >= 15 is 0 Å². The van der Waals surface area contributed by atoms with E-state index in [0.29, 0.717) is 29.3 Å². The summed E-state index contributed by atoms with van der Waals surface area (Å²) in [4.78, 5) is 22.2. The van der Waals surface area contributed by atoms with Gasteiger partial charge < -0.3 is 10.2 Å². The fraction of sp³-hybridized carbons (Fsp3) is 0.348. The standard InChI is InChI=1S/C23H25FN6O/c1-14-3-2-4-18-20(14)22(31)27-23(26-18)25-9-12-30-10-7-15(8-11-30)21-17-6-5-16(24)13-19(17)28-29-21/h2-6,13,15H,7-12H2,1H3,(H,28,29)(H2,25,26,27,31). The maximum absolute atomic E-state index is 13.4. The first-order valence-electron chi connectivity index (χ1n) is 10.7. The van der Waals surface area contributed by atoms with Crippen molar-refractivity contribution in [3.05, 3.63) is 63.8 Å². The van der Waals surface area contributed by atoms with Gasteiger partial charge in [-0.15, -0.1) is 0 Å². The summed E-state index contributed by atoms with van der Waals surface area (Å²) in [6, 6.07) is 10.5. The highest BCUT2D eigenvalue weighted by Crippen LogP contribution is 2.31. The molecule has 0 spiro atoms. The van der Waals surface area contributed by atoms with E-state index in [4.69, 9.17) is 0 Å². The number of anilines is 1. The van der Waals surface area contributed by atoms with Crippen molar-refractivity contribution in [2.24, 2.45) is 0 Å². The second-order valence-electron chi connectivity index (χ2n) is 8.23. The first-order chi connectivity index (χ1) is 15.1. The number of benzene rings is 2. The van der Waals surface area contributed by atoms with Gasteiger partial charge in [-0.3, -0.25) is 14.9 Å². The third-order valence-electron chi connectivity index (χ3n) is 6.19. The molecule has 4 aromatic rings. The van der Waals surface area contributed by atoms with Gasteiger partial charge in [0.25, 0.3) is 5.56 Å². The maximum atomic E-state index is 13.4. The number of nitrogens with one attached hydrogen (secondary N) is 3. The number of likely N-dealkylation sites (tertiary alicyclic amines) is 1. The Balaban J connectivity index is 1.17. The lowest BCUT2D eigenvalue weighted by molar-refractivity contribution is 0.218. The molecule has 8 heteroatoms. The van der Waals surface area contributed by atoms with Gasteiger partial charge in [0, 0.05) is 24.4 Å². The normalized spacial score (nSPS) is 15.7. The molecule has 0 unspecified atom stereocenters. The van der Waals surface area contributed by atoms with Crippen LogP contribution in [0.3, 0.4) is 0 Å². The molecule has 0 radical (unpaired) electrons. The molecule has 31 heavy (non-hydrogen) atoms. The van der Waals surface area contributed by atoms with Crippen molar-refractivity contribution in [2.45, 2.75) is 25.7 Å². The third kappa shape index (κ3) is 3.90. The van der Waals surface area contributed by atoms with Crippen molar-refractivity contribution in [3.8, 4) is 0 Å². The molecule has 1 aliphatic rings. The highest BCUT2D eigenvalue weighted by Gasteiger charge is 2.24. The van der Waals surface area contributed by atoms with Crippen molar-refractivity contribution in [1.29, 1.82) is 0 Å². The molecule has 1 fully saturated rings. The molecule has 3 N–H and O–H groups in total. The van der Waals surface area contributed by atoms with E-state index in [1.54, 1.807) is 0 Å². The zero-order valence-corrected chi connectivity index (χ0v) is 17.4. The second kappa shape index (κ2) is 8.11. The Bertz CT molecular complexity index is 1290. The summed E-state index contributed by atoms with van der Waals surface area (Å²) in [6.07, 6.45) is 2.03. The van der Waals surface area contributed by atoms with Crippen LogP contribution >= 0.6 is 0 Å². The van der Waals surface area contributed by atoms with Crippen LogP contribution in [-0.2, 0) is 0 Å². The number of rotatable bonds is 5. The average molecular weight is 420 g/mol. The number of hydrogen-bond donors (Lipinski definition) is 3. The molecule has 7 nitrogen and oxygen atoms in total. The van der Waals surface area contributed by atoms with E-state index in [9.17, 15) is 9.18 Å². The van der Waals surface area contributed by atoms with E-state index in [0.717, 1.165) is 54.6 Å². The number of aryl methyl sites for hydroxylation is 1. The molecule has 0 aliphatic carbocycles. The van der Waals surface area contributed by atoms with Gasteiger partial charge in [-0.05, 0) is 62.7 Å². The van der Waals surface area contributed by atoms with Crippen LogP contribution in [0, 0.1) is 12.7 Å². The van der Waals surface area contributed by atoms with Crippen LogP contribution in [0.15, 0.2) is 41.2 Å². The smallest absolute Gasteiger partial charge is 0.260 e. The highest BCUT2D eigenvalue weighted by molar-refractivity contribution is 5.82. The molecule has 0 amide bonds. The predicted molar refractivity (Wildman–Crippen MR) is 120 cm³/mol. The lowest BCUT2D eigenvalue weighted by atomic mass is 9.91. The first-order valence-corrected chi connectivity index (χ1v) is 10.7. The Kier molecular flexibility index (Phi) is 5.15. The SMILES string of the molecule is Cc1cccc2nc(NCCN3CCC(c4n[nH]c5cc(F)ccc45)CC3)[nH]c(=O)c12. The fourth-order valence-corrected chi connectivity index (χ4v) is 4.53. The Labute approximate surface area is 178 Å². The maximum Gasteiger partial charge on any atom is 0.260 e. The minimum absolute atomic E-state index is 0.113. The van der Waals surface area contributed by atoms with Crippen molar-refractivity contribution in [3.63, 3.8) is 0 Å². The summed E-state index contributed by atoms with van der Waals surface area (Å²) in [7, 11) is 0. The minimum atomic E-state index is -0.248. The van der Waals surface area contributed by atoms with Crippen molar-refractivity contribution in [2.75, 3.05) is 31.5 Å². The number of piperidine rings is 1. The van der Waals surface area contributed by atoms with Crippen molar-refractivity contribution in [1.82, 2.24) is 25.1 Å². The van der Waals surface area contributed by atoms with Crippen molar-refractivity contribution < 1.29 is 4.39 Å². The zero-order chi connectivity index (χ0) is 21.4. The highest BCUT2D eigenvalue weighted by atomic mass is 19.1. The minimum Gasteiger partial charge on any atom is -0.354 e. The topological polar surface area (TPSA) is 89.7 Å². The summed E-state index contributed by atoms with van der Waals surface area (Å²) in [5.41, 5.74) is 3.32. The van der Waals surface area contributed by atoms with Gasteiger partial charge in [-0.25, -0.2) is 9.37 Å². The molecule has 1 saturated heterocycles. The van der Waals surface area contributed by atoms with E-state index < -0.39 is 0 Å². The number of H-pyrrole nitrogens is 2. The van der Waals surface area contributed by atoms with Crippen LogP contribution in [0.5, 0.6) is 0 Å². The summed E-state index contributed by atoms with van der Waals surface area (Å²) >= 11 is 0. The molecule has 0 bridgehead atoms. The molecule has 2 aromatic carbocycles. The molecule has 0 atom stereocenters. The predicted octanol–water partition coefficient (Wildman–Crippen LogP) is 3.54. The van der Waals surface area contributed by atoms with Crippen LogP contribution < -0.4 is 10.9 Å². The van der Waals surface area contributed by atoms with Gasteiger partial charge in [0.15, 0.2) is 0 Å². The molecule has 0 saturated carbocycles. The van der Waals surface area contributed by atoms with E-state index in [1.165, 1.54) is 12.1 Å².